The van der Waals surface area contributed by atoms with Crippen molar-refractivity contribution in [1.29, 1.82) is 0 Å². The third-order valence-corrected chi connectivity index (χ3v) is 5.19. The van der Waals surface area contributed by atoms with Gasteiger partial charge in [0, 0.05) is 24.4 Å². The van der Waals surface area contributed by atoms with Gasteiger partial charge >= 0.3 is 6.09 Å². The summed E-state index contributed by atoms with van der Waals surface area (Å²) in [6.07, 6.45) is 6.16. The van der Waals surface area contributed by atoms with Gasteiger partial charge in [-0.3, -0.25) is 9.69 Å². The lowest BCUT2D eigenvalue weighted by Crippen LogP contribution is -2.57. The molecule has 1 aromatic rings. The Bertz CT molecular complexity index is 721. The minimum Gasteiger partial charge on any atom is -0.449 e. The molecule has 3 rings (SSSR count). The van der Waals surface area contributed by atoms with E-state index >= 15 is 0 Å². The number of carbonyl (C=O) groups excluding carboxylic acids is 2. The van der Waals surface area contributed by atoms with Crippen LogP contribution >= 0.6 is 0 Å². The van der Waals surface area contributed by atoms with E-state index in [-0.39, 0.29) is 23.9 Å². The van der Waals surface area contributed by atoms with Crippen LogP contribution in [0, 0.1) is 5.82 Å². The molecular formula is C20H25FN2O3. The number of likely N-dealkylation sites (tertiary alicyclic amines) is 1. The van der Waals surface area contributed by atoms with E-state index in [2.05, 4.69) is 0 Å². The number of rotatable bonds is 4. The summed E-state index contributed by atoms with van der Waals surface area (Å²) in [7, 11) is 0. The van der Waals surface area contributed by atoms with Crippen LogP contribution in [0.3, 0.4) is 0 Å². The van der Waals surface area contributed by atoms with Crippen LogP contribution in [-0.2, 0) is 9.53 Å². The van der Waals surface area contributed by atoms with Gasteiger partial charge in [0.05, 0.1) is 12.1 Å². The number of nitrogens with zero attached hydrogens (tertiary/aromatic N) is 2. The topological polar surface area (TPSA) is 49.9 Å². The van der Waals surface area contributed by atoms with Crippen molar-refractivity contribution in [2.45, 2.75) is 51.1 Å². The van der Waals surface area contributed by atoms with Crippen molar-refractivity contribution in [2.75, 3.05) is 18.1 Å². The van der Waals surface area contributed by atoms with Gasteiger partial charge in [0.1, 0.15) is 5.82 Å². The number of halogens is 1. The highest BCUT2D eigenvalue weighted by atomic mass is 19.1. The zero-order chi connectivity index (χ0) is 18.7. The highest BCUT2D eigenvalue weighted by molar-refractivity contribution is 6.06. The Balaban J connectivity index is 1.76. The van der Waals surface area contributed by atoms with Gasteiger partial charge in [-0.15, -0.1) is 0 Å². The Morgan fingerprint density at radius 3 is 2.92 bits per heavy atom. The lowest BCUT2D eigenvalue weighted by molar-refractivity contribution is -0.114. The molecule has 0 aromatic heterocycles. The van der Waals surface area contributed by atoms with Gasteiger partial charge in [-0.25, -0.2) is 9.18 Å². The van der Waals surface area contributed by atoms with Crippen molar-refractivity contribution < 1.29 is 18.7 Å². The number of hydrogen-bond donors (Lipinski definition) is 0. The summed E-state index contributed by atoms with van der Waals surface area (Å²) in [6.45, 7) is 4.93. The predicted molar refractivity (Wildman–Crippen MR) is 97.4 cm³/mol. The van der Waals surface area contributed by atoms with E-state index in [1.165, 1.54) is 12.1 Å². The van der Waals surface area contributed by atoms with Crippen molar-refractivity contribution in [2.24, 2.45) is 0 Å². The average Bonchev–Trinajstić information content (AvgIpc) is 2.91. The number of anilines is 1. The van der Waals surface area contributed by atoms with Gasteiger partial charge in [0.25, 0.3) is 5.91 Å². The van der Waals surface area contributed by atoms with Crippen LogP contribution in [0.25, 0.3) is 0 Å². The van der Waals surface area contributed by atoms with Gasteiger partial charge < -0.3 is 9.64 Å². The van der Waals surface area contributed by atoms with Gasteiger partial charge in [-0.2, -0.15) is 0 Å². The van der Waals surface area contributed by atoms with E-state index in [1.54, 1.807) is 28.0 Å². The number of benzene rings is 1. The van der Waals surface area contributed by atoms with E-state index < -0.39 is 5.54 Å². The molecule has 1 fully saturated rings. The molecule has 1 aromatic carbocycles. The molecule has 2 aliphatic heterocycles. The molecule has 2 amide bonds. The standard InChI is InChI=1S/C20H25FN2O3/c1-3-4-12-26-19(25)22-11-10-20(14-15(22)2)9-8-18(24)23(20)17-7-5-6-16(21)13-17/h5-9,13,15H,3-4,10-12,14H2,1-2H3/t15-,20+/m0/s1. The lowest BCUT2D eigenvalue weighted by atomic mass is 9.83. The van der Waals surface area contributed by atoms with E-state index in [0.717, 1.165) is 12.8 Å². The first-order chi connectivity index (χ1) is 12.5. The normalized spacial score (nSPS) is 25.2. The minimum absolute atomic E-state index is 0.0792. The monoisotopic (exact) mass is 360 g/mol. The number of hydrogen-bond acceptors (Lipinski definition) is 3. The average molecular weight is 360 g/mol. The molecule has 0 saturated carbocycles. The second-order valence-electron chi connectivity index (χ2n) is 7.05. The van der Waals surface area contributed by atoms with Gasteiger partial charge in [0.15, 0.2) is 0 Å². The number of carbonyl (C=O) groups is 2. The molecule has 0 N–H and O–H groups in total. The summed E-state index contributed by atoms with van der Waals surface area (Å²) >= 11 is 0. The van der Waals surface area contributed by atoms with Crippen LogP contribution in [-0.4, -0.2) is 41.6 Å². The summed E-state index contributed by atoms with van der Waals surface area (Å²) < 4.78 is 19.0. The smallest absolute Gasteiger partial charge is 0.409 e. The Kier molecular flexibility index (Phi) is 5.30. The van der Waals surface area contributed by atoms with Crippen LogP contribution in [0.1, 0.15) is 39.5 Å². The van der Waals surface area contributed by atoms with Crippen LogP contribution in [0.5, 0.6) is 0 Å². The first-order valence-electron chi connectivity index (χ1n) is 9.19. The quantitative estimate of drug-likeness (QED) is 0.766. The lowest BCUT2D eigenvalue weighted by Gasteiger charge is -2.47. The van der Waals surface area contributed by atoms with Gasteiger partial charge in [-0.1, -0.05) is 25.5 Å². The summed E-state index contributed by atoms with van der Waals surface area (Å²) in [5.74, 6) is -0.524. The van der Waals surface area contributed by atoms with Crippen molar-refractivity contribution in [3.8, 4) is 0 Å². The SMILES string of the molecule is CCCCOC(=O)N1CC[C@]2(C=CC(=O)N2c2cccc(F)c2)C[C@@H]1C. The van der Waals surface area contributed by atoms with Crippen LogP contribution < -0.4 is 4.90 Å². The zero-order valence-corrected chi connectivity index (χ0v) is 15.3. The molecule has 6 heteroatoms. The first kappa shape index (κ1) is 18.4. The molecule has 2 heterocycles. The number of ether oxygens (including phenoxy) is 1. The maximum Gasteiger partial charge on any atom is 0.409 e. The van der Waals surface area contributed by atoms with E-state index in [0.29, 0.717) is 31.7 Å². The predicted octanol–water partition coefficient (Wildman–Crippen LogP) is 3.89. The second kappa shape index (κ2) is 7.48. The molecule has 0 radical (unpaired) electrons. The summed E-state index contributed by atoms with van der Waals surface area (Å²) in [6, 6.07) is 6.01. The van der Waals surface area contributed by atoms with Crippen LogP contribution in [0.2, 0.25) is 0 Å². The Morgan fingerprint density at radius 2 is 2.23 bits per heavy atom. The molecule has 140 valence electrons. The fourth-order valence-corrected chi connectivity index (χ4v) is 3.87. The summed E-state index contributed by atoms with van der Waals surface area (Å²) in [5.41, 5.74) is 0.0241. The highest BCUT2D eigenvalue weighted by Crippen LogP contribution is 2.40. The van der Waals surface area contributed by atoms with Crippen molar-refractivity contribution in [3.63, 3.8) is 0 Å². The molecule has 1 spiro atoms. The number of amides is 2. The molecule has 0 unspecified atom stereocenters. The molecular weight excluding hydrogens is 335 g/mol. The molecule has 2 atom stereocenters. The number of unbranched alkanes of at least 4 members (excludes halogenated alkanes) is 1. The summed E-state index contributed by atoms with van der Waals surface area (Å²) in [4.78, 5) is 28.2. The largest absolute Gasteiger partial charge is 0.449 e. The third kappa shape index (κ3) is 3.45. The summed E-state index contributed by atoms with van der Waals surface area (Å²) in [5, 5.41) is 0. The van der Waals surface area contributed by atoms with Gasteiger partial charge in [0.2, 0.25) is 0 Å². The second-order valence-corrected chi connectivity index (χ2v) is 7.05. The third-order valence-electron chi connectivity index (χ3n) is 5.19. The fourth-order valence-electron chi connectivity index (χ4n) is 3.87. The maximum atomic E-state index is 13.7. The first-order valence-corrected chi connectivity index (χ1v) is 9.19. The van der Waals surface area contributed by atoms with E-state index in [4.69, 9.17) is 4.74 Å². The van der Waals surface area contributed by atoms with Crippen molar-refractivity contribution >= 4 is 17.7 Å². The molecule has 26 heavy (non-hydrogen) atoms. The Morgan fingerprint density at radius 1 is 1.42 bits per heavy atom. The van der Waals surface area contributed by atoms with E-state index in [9.17, 15) is 14.0 Å². The molecule has 2 aliphatic rings. The number of piperidine rings is 1. The Hall–Kier alpha value is -2.37. The minimum atomic E-state index is -0.523. The molecule has 1 saturated heterocycles. The Labute approximate surface area is 153 Å². The van der Waals surface area contributed by atoms with Crippen LogP contribution in [0.4, 0.5) is 14.9 Å². The van der Waals surface area contributed by atoms with Gasteiger partial charge in [-0.05, 0) is 44.4 Å². The van der Waals surface area contributed by atoms with Crippen molar-refractivity contribution in [3.05, 3.63) is 42.2 Å². The highest BCUT2D eigenvalue weighted by Gasteiger charge is 2.47. The molecule has 0 bridgehead atoms. The fraction of sp³-hybridized carbons (Fsp3) is 0.500. The van der Waals surface area contributed by atoms with E-state index in [1.807, 2.05) is 19.9 Å². The zero-order valence-electron chi connectivity index (χ0n) is 15.3. The maximum absolute atomic E-state index is 13.7. The van der Waals surface area contributed by atoms with Crippen LogP contribution in [0.15, 0.2) is 36.4 Å². The molecule has 0 aliphatic carbocycles. The molecule has 5 nitrogen and oxygen atoms in total. The van der Waals surface area contributed by atoms with Crippen molar-refractivity contribution in [1.82, 2.24) is 4.90 Å².